The summed E-state index contributed by atoms with van der Waals surface area (Å²) in [5, 5.41) is 9.80. The first-order valence-electron chi connectivity index (χ1n) is 12.0. The van der Waals surface area contributed by atoms with E-state index in [4.69, 9.17) is 5.26 Å². The number of carbonyl (C=O) groups excluding carboxylic acids is 1. The lowest BCUT2D eigenvalue weighted by atomic mass is 10.2. The number of aromatic nitrogens is 3. The molecule has 0 N–H and O–H groups in total. The highest BCUT2D eigenvalue weighted by Crippen LogP contribution is 2.24. The average Bonchev–Trinajstić information content (AvgIpc) is 2.92. The van der Waals surface area contributed by atoms with Gasteiger partial charge in [0.25, 0.3) is 5.56 Å². The zero-order valence-electron chi connectivity index (χ0n) is 20.2. The van der Waals surface area contributed by atoms with Gasteiger partial charge in [-0.2, -0.15) is 5.26 Å². The number of para-hydroxylation sites is 2. The maximum Gasteiger partial charge on any atom is 0.266 e. The number of thioether (sulfide) groups is 1. The molecule has 0 saturated carbocycles. The minimum absolute atomic E-state index is 0.0174. The van der Waals surface area contributed by atoms with Crippen molar-refractivity contribution in [3.63, 3.8) is 0 Å². The van der Waals surface area contributed by atoms with Gasteiger partial charge in [0.2, 0.25) is 5.91 Å². The van der Waals surface area contributed by atoms with Crippen molar-refractivity contribution in [1.82, 2.24) is 19.4 Å². The second-order valence-electron chi connectivity index (χ2n) is 8.39. The lowest BCUT2D eigenvalue weighted by Gasteiger charge is -2.21. The van der Waals surface area contributed by atoms with E-state index in [9.17, 15) is 14.0 Å². The van der Waals surface area contributed by atoms with Crippen LogP contribution in [-0.4, -0.2) is 37.6 Å². The van der Waals surface area contributed by atoms with Gasteiger partial charge in [0.05, 0.1) is 29.1 Å². The fourth-order valence-corrected chi connectivity index (χ4v) is 4.95. The van der Waals surface area contributed by atoms with Crippen LogP contribution in [0.4, 0.5) is 4.39 Å². The molecule has 2 heterocycles. The van der Waals surface area contributed by atoms with Gasteiger partial charge in [-0.25, -0.2) is 9.37 Å². The normalized spacial score (nSPS) is 10.8. The van der Waals surface area contributed by atoms with E-state index >= 15 is 0 Å². The summed E-state index contributed by atoms with van der Waals surface area (Å²) in [7, 11) is 0. The van der Waals surface area contributed by atoms with Gasteiger partial charge < -0.3 is 4.90 Å². The van der Waals surface area contributed by atoms with Crippen LogP contribution in [0.15, 0.2) is 83.0 Å². The number of rotatable bonds is 11. The van der Waals surface area contributed by atoms with Crippen LogP contribution in [0.3, 0.4) is 0 Å². The molecule has 0 spiro atoms. The van der Waals surface area contributed by atoms with Crippen molar-refractivity contribution in [2.24, 2.45) is 0 Å². The molecule has 0 atom stereocenters. The van der Waals surface area contributed by atoms with Crippen LogP contribution in [0, 0.1) is 17.1 Å². The molecule has 0 aliphatic carbocycles. The van der Waals surface area contributed by atoms with Crippen LogP contribution < -0.4 is 5.56 Å². The average molecular weight is 516 g/mol. The molecule has 2 aromatic carbocycles. The van der Waals surface area contributed by atoms with E-state index < -0.39 is 5.82 Å². The van der Waals surface area contributed by atoms with Gasteiger partial charge in [-0.1, -0.05) is 42.1 Å². The van der Waals surface area contributed by atoms with E-state index in [-0.39, 0.29) is 23.6 Å². The molecule has 0 unspecified atom stereocenters. The summed E-state index contributed by atoms with van der Waals surface area (Å²) in [5.74, 6) is 0.0873. The fourth-order valence-electron chi connectivity index (χ4n) is 3.94. The Labute approximate surface area is 218 Å². The van der Waals surface area contributed by atoms with Crippen molar-refractivity contribution >= 4 is 28.6 Å². The number of amides is 1. The molecule has 1 amide bonds. The monoisotopic (exact) mass is 515 g/mol. The van der Waals surface area contributed by atoms with Crippen LogP contribution in [0.1, 0.15) is 31.2 Å². The molecule has 188 valence electrons. The van der Waals surface area contributed by atoms with Gasteiger partial charge >= 0.3 is 0 Å². The van der Waals surface area contributed by atoms with E-state index in [1.165, 1.54) is 22.4 Å². The summed E-state index contributed by atoms with van der Waals surface area (Å²) in [5.41, 5.74) is 1.31. The summed E-state index contributed by atoms with van der Waals surface area (Å²) in [4.78, 5) is 36.5. The molecule has 2 aromatic heterocycles. The second-order valence-corrected chi connectivity index (χ2v) is 9.46. The van der Waals surface area contributed by atoms with Gasteiger partial charge in [0, 0.05) is 37.7 Å². The number of nitrogens with zero attached hydrogens (tertiary/aromatic N) is 5. The molecule has 4 aromatic rings. The Bertz CT molecular complexity index is 1470. The molecule has 0 bridgehead atoms. The molecule has 7 nitrogen and oxygen atoms in total. The molecule has 0 aliphatic heterocycles. The predicted octanol–water partition coefficient (Wildman–Crippen LogP) is 5.12. The maximum atomic E-state index is 14.6. The third kappa shape index (κ3) is 6.60. The van der Waals surface area contributed by atoms with Gasteiger partial charge in [0.15, 0.2) is 5.16 Å². The molecule has 9 heteroatoms. The number of pyridine rings is 1. The van der Waals surface area contributed by atoms with Crippen LogP contribution >= 0.6 is 11.8 Å². The fraction of sp³-hybridized carbons (Fsp3) is 0.250. The van der Waals surface area contributed by atoms with Crippen LogP contribution in [0.25, 0.3) is 16.6 Å². The minimum atomic E-state index is -0.500. The molecule has 0 fully saturated rings. The first-order valence-corrected chi connectivity index (χ1v) is 13.0. The van der Waals surface area contributed by atoms with Crippen molar-refractivity contribution in [3.05, 3.63) is 94.8 Å². The number of halogens is 1. The maximum absolute atomic E-state index is 14.6. The standard InChI is InChI=1S/C28H26FN5O2S/c29-23-11-2-4-13-25(23)34-27(36)22-10-1-3-12-24(22)32-28(34)37-18-6-5-14-26(35)33(17-8-15-30)20-21-9-7-16-31-19-21/h1-4,7,9-13,16,19H,5-6,8,14,17-18,20H2. The Morgan fingerprint density at radius 3 is 2.68 bits per heavy atom. The lowest BCUT2D eigenvalue weighted by Crippen LogP contribution is -2.31. The van der Waals surface area contributed by atoms with Crippen molar-refractivity contribution in [2.45, 2.75) is 37.4 Å². The van der Waals surface area contributed by atoms with E-state index in [0.717, 1.165) is 5.56 Å². The Morgan fingerprint density at radius 1 is 1.08 bits per heavy atom. The zero-order valence-corrected chi connectivity index (χ0v) is 21.0. The first-order chi connectivity index (χ1) is 18.1. The Hall–Kier alpha value is -4.03. The van der Waals surface area contributed by atoms with Gasteiger partial charge in [-0.3, -0.25) is 19.1 Å². The number of carbonyl (C=O) groups is 1. The van der Waals surface area contributed by atoms with E-state index in [1.54, 1.807) is 53.7 Å². The molecule has 0 aliphatic rings. The third-order valence-electron chi connectivity index (χ3n) is 5.80. The highest BCUT2D eigenvalue weighted by molar-refractivity contribution is 7.99. The van der Waals surface area contributed by atoms with Crippen molar-refractivity contribution in [3.8, 4) is 11.8 Å². The quantitative estimate of drug-likeness (QED) is 0.156. The van der Waals surface area contributed by atoms with Crippen molar-refractivity contribution in [2.75, 3.05) is 12.3 Å². The zero-order chi connectivity index (χ0) is 26.0. The summed E-state index contributed by atoms with van der Waals surface area (Å²) in [6, 6.07) is 19.0. The molecule has 0 radical (unpaired) electrons. The molecule has 37 heavy (non-hydrogen) atoms. The first kappa shape index (κ1) is 26.0. The highest BCUT2D eigenvalue weighted by Gasteiger charge is 2.17. The Balaban J connectivity index is 1.42. The number of unbranched alkanes of at least 4 members (excludes halogenated alkanes) is 1. The van der Waals surface area contributed by atoms with Crippen molar-refractivity contribution in [1.29, 1.82) is 5.26 Å². The van der Waals surface area contributed by atoms with Gasteiger partial charge in [-0.05, 0) is 48.7 Å². The van der Waals surface area contributed by atoms with Gasteiger partial charge in [-0.15, -0.1) is 0 Å². The number of nitriles is 1. The van der Waals surface area contributed by atoms with E-state index in [0.29, 0.717) is 54.2 Å². The number of hydrogen-bond acceptors (Lipinski definition) is 6. The summed E-state index contributed by atoms with van der Waals surface area (Å²) in [6.07, 6.45) is 5.35. The molecular formula is C28H26FN5O2S. The van der Waals surface area contributed by atoms with Crippen LogP contribution in [-0.2, 0) is 11.3 Å². The van der Waals surface area contributed by atoms with E-state index in [1.807, 2.05) is 18.2 Å². The molecule has 0 saturated heterocycles. The summed E-state index contributed by atoms with van der Waals surface area (Å²) in [6.45, 7) is 0.786. The Morgan fingerprint density at radius 2 is 1.89 bits per heavy atom. The van der Waals surface area contributed by atoms with Crippen LogP contribution in [0.5, 0.6) is 0 Å². The predicted molar refractivity (Wildman–Crippen MR) is 142 cm³/mol. The SMILES string of the molecule is N#CCCN(Cc1cccnc1)C(=O)CCCCSc1nc2ccccc2c(=O)n1-c1ccccc1F. The van der Waals surface area contributed by atoms with Crippen LogP contribution in [0.2, 0.25) is 0 Å². The number of benzene rings is 2. The lowest BCUT2D eigenvalue weighted by molar-refractivity contribution is -0.131. The molecule has 4 rings (SSSR count). The van der Waals surface area contributed by atoms with Crippen molar-refractivity contribution < 1.29 is 9.18 Å². The highest BCUT2D eigenvalue weighted by atomic mass is 32.2. The summed E-state index contributed by atoms with van der Waals surface area (Å²) < 4.78 is 15.9. The number of fused-ring (bicyclic) bond motifs is 1. The summed E-state index contributed by atoms with van der Waals surface area (Å²) >= 11 is 1.37. The Kier molecular flexibility index (Phi) is 9.00. The van der Waals surface area contributed by atoms with E-state index in [2.05, 4.69) is 16.0 Å². The second kappa shape index (κ2) is 12.8. The smallest absolute Gasteiger partial charge is 0.266 e. The third-order valence-corrected chi connectivity index (χ3v) is 6.82. The minimum Gasteiger partial charge on any atom is -0.337 e. The topological polar surface area (TPSA) is 91.9 Å². The van der Waals surface area contributed by atoms with Gasteiger partial charge in [0.1, 0.15) is 5.82 Å². The molecular weight excluding hydrogens is 489 g/mol. The largest absolute Gasteiger partial charge is 0.337 e. The number of hydrogen-bond donors (Lipinski definition) is 0.